The van der Waals surface area contributed by atoms with E-state index in [1.807, 2.05) is 0 Å². The molecule has 0 saturated carbocycles. The summed E-state index contributed by atoms with van der Waals surface area (Å²) in [6.45, 7) is 1.48. The minimum atomic E-state index is -3.61. The smallest absolute Gasteiger partial charge is 0.227 e. The molecule has 19 heavy (non-hydrogen) atoms. The normalized spacial score (nSPS) is 35.8. The van der Waals surface area contributed by atoms with Crippen molar-refractivity contribution < 1.29 is 18.0 Å². The fraction of sp³-hybridized carbons (Fsp3) is 0.600. The van der Waals surface area contributed by atoms with Crippen LogP contribution in [0.4, 0.5) is 0 Å². The van der Waals surface area contributed by atoms with Crippen molar-refractivity contribution in [1.29, 1.82) is 0 Å². The quantitative estimate of drug-likeness (QED) is 0.499. The van der Waals surface area contributed by atoms with Crippen LogP contribution < -0.4 is 0 Å². The molecule has 2 fully saturated rings. The van der Waals surface area contributed by atoms with Crippen LogP contribution in [0.2, 0.25) is 0 Å². The van der Waals surface area contributed by atoms with Crippen molar-refractivity contribution in [3.8, 4) is 0 Å². The Morgan fingerprint density at radius 3 is 2.84 bits per heavy atom. The molecule has 2 aliphatic heterocycles. The van der Waals surface area contributed by atoms with Crippen molar-refractivity contribution >= 4 is 22.0 Å². The van der Waals surface area contributed by atoms with Crippen molar-refractivity contribution in [1.82, 2.24) is 19.9 Å². The highest BCUT2D eigenvalue weighted by Gasteiger charge is 2.67. The molecule has 3 rings (SSSR count). The summed E-state index contributed by atoms with van der Waals surface area (Å²) < 4.78 is 25.0. The van der Waals surface area contributed by atoms with Gasteiger partial charge in [0.15, 0.2) is 9.84 Å². The predicted octanol–water partition coefficient (Wildman–Crippen LogP) is -1.41. The Labute approximate surface area is 109 Å². The van der Waals surface area contributed by atoms with E-state index in [0.717, 1.165) is 0 Å². The molecule has 2 saturated heterocycles. The number of fused-ring (bicyclic) bond motifs is 1. The number of hydrogen-bond donors (Lipinski definition) is 0. The first-order valence-corrected chi connectivity index (χ1v) is 7.30. The zero-order valence-electron chi connectivity index (χ0n) is 10.1. The molecule has 1 amide bonds. The fourth-order valence-corrected chi connectivity index (χ4v) is 5.15. The van der Waals surface area contributed by atoms with E-state index >= 15 is 0 Å². The Hall–Kier alpha value is -1.77. The maximum Gasteiger partial charge on any atom is 0.227 e. The van der Waals surface area contributed by atoms with Crippen LogP contribution in [0.15, 0.2) is 12.4 Å². The van der Waals surface area contributed by atoms with Crippen molar-refractivity contribution in [3.63, 3.8) is 0 Å². The van der Waals surface area contributed by atoms with Crippen LogP contribution >= 0.6 is 0 Å². The third kappa shape index (κ3) is 1.36. The molecule has 8 nitrogen and oxygen atoms in total. The number of hydrogen-bond acceptors (Lipinski definition) is 6. The minimum absolute atomic E-state index is 0.000972. The van der Waals surface area contributed by atoms with Crippen LogP contribution in [0, 0.1) is 0 Å². The molecule has 0 aliphatic carbocycles. The predicted molar refractivity (Wildman–Crippen MR) is 62.4 cm³/mol. The lowest BCUT2D eigenvalue weighted by atomic mass is 9.97. The average Bonchev–Trinajstić information content (AvgIpc) is 2.87. The summed E-state index contributed by atoms with van der Waals surface area (Å²) in [7, 11) is -3.61. The molecule has 0 N–H and O–H groups in total. The highest BCUT2D eigenvalue weighted by molar-refractivity contribution is 7.93. The lowest BCUT2D eigenvalue weighted by Gasteiger charge is -2.35. The highest BCUT2D eigenvalue weighted by Crippen LogP contribution is 2.45. The van der Waals surface area contributed by atoms with Crippen molar-refractivity contribution in [3.05, 3.63) is 12.4 Å². The van der Waals surface area contributed by atoms with Gasteiger partial charge in [-0.3, -0.25) is 9.48 Å². The Bertz CT molecular complexity index is 640. The van der Waals surface area contributed by atoms with Gasteiger partial charge in [-0.05, 0) is 6.92 Å². The molecule has 1 aromatic heterocycles. The van der Waals surface area contributed by atoms with Gasteiger partial charge in [0.05, 0.1) is 19.2 Å². The third-order valence-corrected chi connectivity index (χ3v) is 6.74. The molecule has 0 bridgehead atoms. The Balaban J connectivity index is 2.07. The minimum Gasteiger partial charge on any atom is -0.313 e. The average molecular weight is 284 g/mol. The lowest BCUT2D eigenvalue weighted by molar-refractivity contribution is -0.146. The Morgan fingerprint density at radius 2 is 2.32 bits per heavy atom. The fourth-order valence-electron chi connectivity index (χ4n) is 2.80. The van der Waals surface area contributed by atoms with Gasteiger partial charge in [-0.2, -0.15) is 0 Å². The maximum absolute atomic E-state index is 12.5. The first kappa shape index (κ1) is 12.3. The van der Waals surface area contributed by atoms with E-state index in [2.05, 4.69) is 10.3 Å². The van der Waals surface area contributed by atoms with Gasteiger partial charge >= 0.3 is 0 Å². The van der Waals surface area contributed by atoms with E-state index < -0.39 is 26.0 Å². The van der Waals surface area contributed by atoms with Crippen molar-refractivity contribution in [2.75, 3.05) is 0 Å². The lowest BCUT2D eigenvalue weighted by Crippen LogP contribution is -2.55. The molecular formula is C10H12N4O4S. The molecule has 0 aromatic carbocycles. The number of amides is 1. The zero-order chi connectivity index (χ0) is 13.8. The first-order valence-electron chi connectivity index (χ1n) is 5.76. The second-order valence-electron chi connectivity index (χ2n) is 5.00. The molecular weight excluding hydrogens is 272 g/mol. The first-order chi connectivity index (χ1) is 8.91. The summed E-state index contributed by atoms with van der Waals surface area (Å²) >= 11 is 0. The van der Waals surface area contributed by atoms with Gasteiger partial charge in [-0.25, -0.2) is 8.42 Å². The van der Waals surface area contributed by atoms with Gasteiger partial charge in [0, 0.05) is 6.20 Å². The van der Waals surface area contributed by atoms with Crippen LogP contribution in [0.3, 0.4) is 0 Å². The molecule has 2 aliphatic rings. The van der Waals surface area contributed by atoms with E-state index in [4.69, 9.17) is 0 Å². The highest BCUT2D eigenvalue weighted by atomic mass is 32.2. The number of aromatic nitrogens is 3. The van der Waals surface area contributed by atoms with Crippen LogP contribution in [-0.2, 0) is 26.0 Å². The van der Waals surface area contributed by atoms with Gasteiger partial charge in [-0.1, -0.05) is 5.21 Å². The van der Waals surface area contributed by atoms with Crippen LogP contribution in [0.5, 0.6) is 0 Å². The van der Waals surface area contributed by atoms with E-state index in [1.54, 1.807) is 0 Å². The third-order valence-electron chi connectivity index (χ3n) is 3.96. The number of β-lactam (4-membered cyclic amide) rings is 1. The summed E-state index contributed by atoms with van der Waals surface area (Å²) in [5.74, 6) is -0.298. The van der Waals surface area contributed by atoms with Crippen LogP contribution in [0.25, 0.3) is 0 Å². The number of carbonyl (C=O) groups excluding carboxylic acids is 2. The molecule has 9 heteroatoms. The van der Waals surface area contributed by atoms with Gasteiger partial charge in [0.1, 0.15) is 22.4 Å². The summed E-state index contributed by atoms with van der Waals surface area (Å²) in [5, 5.41) is 6.47. The number of nitrogens with zero attached hydrogens (tertiary/aromatic N) is 4. The number of aldehydes is 1. The number of carbonyl (C=O) groups is 2. The van der Waals surface area contributed by atoms with Gasteiger partial charge < -0.3 is 9.69 Å². The van der Waals surface area contributed by atoms with E-state index in [-0.39, 0.29) is 18.9 Å². The molecule has 0 spiro atoms. The van der Waals surface area contributed by atoms with E-state index in [1.165, 1.54) is 28.9 Å². The summed E-state index contributed by atoms with van der Waals surface area (Å²) in [6.07, 6.45) is 3.45. The maximum atomic E-state index is 12.5. The number of rotatable bonds is 3. The SMILES string of the molecule is C[C@]1(Cn2ccnn2)[C@H](C=O)N2C(=O)C[C@H]2S1(=O)=O. The molecule has 102 valence electrons. The standard InChI is InChI=1S/C10H12N4O4S/c1-10(6-13-3-2-11-12-13)7(5-15)14-8(16)4-9(14)19(10,17)18/h2-3,5,7,9H,4,6H2,1H3/t7-,9+,10-/m0/s1. The number of sulfone groups is 1. The molecule has 0 radical (unpaired) electrons. The van der Waals surface area contributed by atoms with Crippen molar-refractivity contribution in [2.24, 2.45) is 0 Å². The second-order valence-corrected chi connectivity index (χ2v) is 7.57. The summed E-state index contributed by atoms with van der Waals surface area (Å²) in [5.41, 5.74) is 0. The van der Waals surface area contributed by atoms with Gasteiger partial charge in [0.25, 0.3) is 0 Å². The zero-order valence-corrected chi connectivity index (χ0v) is 10.9. The largest absolute Gasteiger partial charge is 0.313 e. The van der Waals surface area contributed by atoms with Crippen LogP contribution in [0.1, 0.15) is 13.3 Å². The van der Waals surface area contributed by atoms with E-state index in [0.29, 0.717) is 6.29 Å². The summed E-state index contributed by atoms with van der Waals surface area (Å²) in [6, 6.07) is -0.965. The van der Waals surface area contributed by atoms with Gasteiger partial charge in [-0.15, -0.1) is 5.10 Å². The monoisotopic (exact) mass is 284 g/mol. The Kier molecular flexibility index (Phi) is 2.34. The molecule has 0 unspecified atom stereocenters. The topological polar surface area (TPSA) is 102 Å². The Morgan fingerprint density at radius 1 is 1.58 bits per heavy atom. The molecule has 1 aromatic rings. The molecule has 3 heterocycles. The summed E-state index contributed by atoms with van der Waals surface area (Å²) in [4.78, 5) is 24.0. The van der Waals surface area contributed by atoms with Crippen LogP contribution in [-0.4, -0.2) is 56.7 Å². The second kappa shape index (κ2) is 3.62. The van der Waals surface area contributed by atoms with E-state index in [9.17, 15) is 18.0 Å². The van der Waals surface area contributed by atoms with Gasteiger partial charge in [0.2, 0.25) is 5.91 Å². The van der Waals surface area contributed by atoms with Crippen molar-refractivity contribution in [2.45, 2.75) is 36.1 Å². The molecule has 3 atom stereocenters.